The number of hydrogen-bond donors (Lipinski definition) is 0. The van der Waals surface area contributed by atoms with Crippen LogP contribution in [0.2, 0.25) is 0 Å². The van der Waals surface area contributed by atoms with E-state index < -0.39 is 0 Å². The lowest BCUT2D eigenvalue weighted by Gasteiger charge is -2.14. The van der Waals surface area contributed by atoms with Gasteiger partial charge in [-0.25, -0.2) is 19.9 Å². The molecule has 0 amide bonds. The molecule has 37 rings (SSSR count). The normalized spacial score (nSPS) is 12.6. The summed E-state index contributed by atoms with van der Waals surface area (Å²) in [5.74, 6) is 3.96. The third-order valence-electron chi connectivity index (χ3n) is 32.7. The molecule has 13 heterocycles. The first kappa shape index (κ1) is 79.3. The molecule has 149 heavy (non-hydrogen) atoms. The van der Waals surface area contributed by atoms with Crippen LogP contribution in [0.3, 0.4) is 0 Å². The predicted molar refractivity (Wildman–Crippen MR) is 620 cm³/mol. The molecular weight excluding hydrogens is 1820 g/mol. The van der Waals surface area contributed by atoms with Gasteiger partial charge in [0.1, 0.15) is 5.82 Å². The zero-order chi connectivity index (χ0) is 96.5. The molecule has 0 unspecified atom stereocenters. The van der Waals surface area contributed by atoms with E-state index in [9.17, 15) is 0 Å². The quantitative estimate of drug-likeness (QED) is 0.170. The Morgan fingerprint density at radius 1 is 0.168 bits per heavy atom. The van der Waals surface area contributed by atoms with Gasteiger partial charge in [-0.05, 0) is 123 Å². The Labute approximate surface area is 845 Å². The SMILES string of the molecule is c1cc2c3c(cccc3c1)-c1nc(-n3c4ccccc4c4cc5c6ccccc6n6c7c8ccccc8ccc7c(c43)c56)cnc1-2.c1ccc(-c2nc(-n3c4ccccc4c4cc5c6ccccc6n6c7c8ccccc8ccc7c(c43)c56)c3ccccc3n2)cc1.c1ccc2c(c1)ccc1c2c2ccccc2n1-c1nc(-n2c3ccccc3c3cc4c5ccccc5n5c6c7ccccc7ccc6c(c32)c45)c2ccccc2n1. The van der Waals surface area contributed by atoms with Crippen molar-refractivity contribution >= 4 is 277 Å². The van der Waals surface area contributed by atoms with Crippen molar-refractivity contribution < 1.29 is 0 Å². The number of benzene rings is 23. The highest BCUT2D eigenvalue weighted by Crippen LogP contribution is 2.55. The first-order chi connectivity index (χ1) is 74.0. The van der Waals surface area contributed by atoms with Gasteiger partial charge >= 0.3 is 0 Å². The largest absolute Gasteiger partial charge is 0.307 e. The molecule has 684 valence electrons. The van der Waals surface area contributed by atoms with Crippen LogP contribution in [-0.4, -0.2) is 61.4 Å². The van der Waals surface area contributed by atoms with Crippen molar-refractivity contribution in [2.24, 2.45) is 0 Å². The van der Waals surface area contributed by atoms with Crippen LogP contribution in [0.1, 0.15) is 0 Å². The van der Waals surface area contributed by atoms with Crippen LogP contribution >= 0.6 is 0 Å². The second-order valence-electron chi connectivity index (χ2n) is 40.1. The van der Waals surface area contributed by atoms with E-state index in [2.05, 4.69) is 462 Å². The van der Waals surface area contributed by atoms with Crippen molar-refractivity contribution in [2.75, 3.05) is 0 Å². The molecule has 1 aliphatic carbocycles. The third-order valence-corrected chi connectivity index (χ3v) is 32.7. The molecule has 36 aromatic rings. The molecule has 0 bridgehead atoms. The van der Waals surface area contributed by atoms with E-state index >= 15 is 0 Å². The molecule has 13 aromatic heterocycles. The number of fused-ring (bicyclic) bond motifs is 46. The van der Waals surface area contributed by atoms with Crippen LogP contribution in [0.5, 0.6) is 0 Å². The van der Waals surface area contributed by atoms with Gasteiger partial charge in [0.2, 0.25) is 5.95 Å². The lowest BCUT2D eigenvalue weighted by Crippen LogP contribution is -2.07. The van der Waals surface area contributed by atoms with Crippen LogP contribution in [0.25, 0.3) is 334 Å². The van der Waals surface area contributed by atoms with Gasteiger partial charge in [0.05, 0.1) is 122 Å². The summed E-state index contributed by atoms with van der Waals surface area (Å²) < 4.78 is 17.0. The van der Waals surface area contributed by atoms with Crippen molar-refractivity contribution in [1.29, 1.82) is 0 Å². The number of nitrogens with zero attached hydrogens (tertiary/aromatic N) is 13. The van der Waals surface area contributed by atoms with Gasteiger partial charge in [0, 0.05) is 157 Å². The smallest absolute Gasteiger partial charge is 0.237 e. The maximum atomic E-state index is 5.70. The molecule has 0 saturated carbocycles. The second-order valence-corrected chi connectivity index (χ2v) is 40.1. The summed E-state index contributed by atoms with van der Waals surface area (Å²) in [4.78, 5) is 32.1. The van der Waals surface area contributed by atoms with Gasteiger partial charge < -0.3 is 13.2 Å². The van der Waals surface area contributed by atoms with Crippen molar-refractivity contribution in [3.05, 3.63) is 455 Å². The summed E-state index contributed by atoms with van der Waals surface area (Å²) >= 11 is 0. The van der Waals surface area contributed by atoms with Gasteiger partial charge in [0.15, 0.2) is 17.5 Å². The summed E-state index contributed by atoms with van der Waals surface area (Å²) in [5, 5.41) is 39.2. The van der Waals surface area contributed by atoms with Crippen LogP contribution in [-0.2, 0) is 0 Å². The fourth-order valence-corrected chi connectivity index (χ4v) is 26.8. The van der Waals surface area contributed by atoms with E-state index in [1.54, 1.807) is 0 Å². The minimum absolute atomic E-state index is 0.647. The Bertz CT molecular complexity index is 12400. The molecule has 23 aromatic carbocycles. The summed E-state index contributed by atoms with van der Waals surface area (Å²) in [7, 11) is 0. The molecule has 0 N–H and O–H groups in total. The number of aromatic nitrogens is 13. The molecule has 0 atom stereocenters. The summed E-state index contributed by atoms with van der Waals surface area (Å²) in [6.07, 6.45) is 1.97. The average molecular weight is 1890 g/mol. The zero-order valence-corrected chi connectivity index (χ0v) is 79.6. The van der Waals surface area contributed by atoms with E-state index in [0.29, 0.717) is 5.95 Å². The van der Waals surface area contributed by atoms with Crippen LogP contribution in [0, 0.1) is 0 Å². The highest BCUT2D eigenvalue weighted by Gasteiger charge is 2.34. The first-order valence-electron chi connectivity index (χ1n) is 51.0. The molecule has 0 saturated heterocycles. The van der Waals surface area contributed by atoms with E-state index in [0.717, 1.165) is 106 Å². The van der Waals surface area contributed by atoms with Crippen LogP contribution < -0.4 is 0 Å². The Balaban J connectivity index is 0.0000000944. The maximum Gasteiger partial charge on any atom is 0.237 e. The number of hydrogen-bond acceptors (Lipinski definition) is 6. The molecular formula is C136H75N13. The Hall–Kier alpha value is -20.3. The number of rotatable bonds is 5. The van der Waals surface area contributed by atoms with E-state index in [4.69, 9.17) is 29.9 Å². The minimum Gasteiger partial charge on any atom is -0.307 e. The summed E-state index contributed by atoms with van der Waals surface area (Å²) in [6, 6.07) is 162. The van der Waals surface area contributed by atoms with Crippen molar-refractivity contribution in [2.45, 2.75) is 0 Å². The fourth-order valence-electron chi connectivity index (χ4n) is 26.8. The Morgan fingerprint density at radius 2 is 0.510 bits per heavy atom. The average Bonchev–Trinajstić information content (AvgIpc) is 1.51. The highest BCUT2D eigenvalue weighted by atomic mass is 15.2. The van der Waals surface area contributed by atoms with Crippen molar-refractivity contribution in [3.63, 3.8) is 0 Å². The lowest BCUT2D eigenvalue weighted by atomic mass is 10.0. The molecule has 0 spiro atoms. The molecule has 0 aliphatic heterocycles. The predicted octanol–water partition coefficient (Wildman–Crippen LogP) is 34.7. The molecule has 1 aliphatic rings. The van der Waals surface area contributed by atoms with Gasteiger partial charge in [0.25, 0.3) is 0 Å². The van der Waals surface area contributed by atoms with E-state index in [-0.39, 0.29) is 0 Å². The topological polar surface area (TPSA) is 110 Å². The molecule has 0 fully saturated rings. The van der Waals surface area contributed by atoms with Crippen LogP contribution in [0.4, 0.5) is 0 Å². The van der Waals surface area contributed by atoms with Crippen LogP contribution in [0.15, 0.2) is 455 Å². The lowest BCUT2D eigenvalue weighted by molar-refractivity contribution is 0.974. The summed E-state index contributed by atoms with van der Waals surface area (Å²) in [5.41, 5.74) is 27.3. The van der Waals surface area contributed by atoms with Gasteiger partial charge in [-0.3, -0.25) is 23.3 Å². The van der Waals surface area contributed by atoms with Crippen molar-refractivity contribution in [3.8, 4) is 57.3 Å². The highest BCUT2D eigenvalue weighted by molar-refractivity contribution is 6.41. The zero-order valence-electron chi connectivity index (χ0n) is 79.6. The van der Waals surface area contributed by atoms with Gasteiger partial charge in [-0.1, -0.05) is 358 Å². The monoisotopic (exact) mass is 1890 g/mol. The Kier molecular flexibility index (Phi) is 15.6. The van der Waals surface area contributed by atoms with E-state index in [1.807, 2.05) is 24.4 Å². The number of para-hydroxylation sites is 9. The second kappa shape index (κ2) is 29.3. The third kappa shape index (κ3) is 10.4. The first-order valence-corrected chi connectivity index (χ1v) is 51.0. The van der Waals surface area contributed by atoms with E-state index in [1.165, 1.54) is 222 Å². The van der Waals surface area contributed by atoms with Gasteiger partial charge in [-0.15, -0.1) is 0 Å². The van der Waals surface area contributed by atoms with Gasteiger partial charge in [-0.2, -0.15) is 4.98 Å². The Morgan fingerprint density at radius 3 is 0.987 bits per heavy atom. The molecule has 13 heteroatoms. The minimum atomic E-state index is 0.647. The fraction of sp³-hybridized carbons (Fsp3) is 0. The standard InChI is InChI=1S/C52H29N5.C42H22N4.C42H24N4/c1-3-15-32-30(13-1)26-28-45-46(32)37-20-8-12-24-44(37)55(45)52-53-41-21-9-5-19-36(41)51(54-52)57-43-23-11-7-18-35(43)40-29-39-34-17-6-10-22-42(34)56-48-33-16-4-2-14-31(33)25-27-38(48)47(49(39)56)50(40)57;1-2-12-25-23(9-1)19-20-30-37-41-31(21-32-27-14-4-6-18-34(27)46(40(25)30)42(32)37)26-13-3-5-17-33(26)45(41)35-22-43-38-28-15-7-10-24-11-8-16-29(36(24)28)39(38)44-35;1-2-13-26(14-3-1)41-43-34-19-9-6-18-30(34)42(44-41)46-36-21-11-8-17-29(36)33-24-32-28-16-7-10-20-35(28)45-38-27-15-5-4-12-25(27)22-23-31(38)37(39(32)45)40(33)46/h1-29H;1-22H;1-24H. The molecule has 0 radical (unpaired) electrons. The summed E-state index contributed by atoms with van der Waals surface area (Å²) in [6.45, 7) is 0. The van der Waals surface area contributed by atoms with Crippen molar-refractivity contribution in [1.82, 2.24) is 61.4 Å². The maximum absolute atomic E-state index is 5.70. The molecule has 13 nitrogen and oxygen atoms in total.